The summed E-state index contributed by atoms with van der Waals surface area (Å²) in [4.78, 5) is 6.51. The van der Waals surface area contributed by atoms with E-state index in [-0.39, 0.29) is 0 Å². The van der Waals surface area contributed by atoms with Gasteiger partial charge in [0.1, 0.15) is 0 Å². The molecule has 80 valence electrons. The zero-order valence-corrected chi connectivity index (χ0v) is 9.15. The summed E-state index contributed by atoms with van der Waals surface area (Å²) in [5, 5.41) is 0.736. The average Bonchev–Trinajstić information content (AvgIpc) is 2.30. The molecule has 1 fully saturated rings. The number of halogens is 1. The second kappa shape index (κ2) is 5.14. The van der Waals surface area contributed by atoms with Gasteiger partial charge in [-0.05, 0) is 24.3 Å². The molecule has 1 aliphatic rings. The quantitative estimate of drug-likeness (QED) is 0.569. The van der Waals surface area contributed by atoms with Crippen LogP contribution in [0.1, 0.15) is 0 Å². The molecule has 2 rings (SSSR count). The Morgan fingerprint density at radius 2 is 1.87 bits per heavy atom. The van der Waals surface area contributed by atoms with Gasteiger partial charge in [-0.2, -0.15) is 0 Å². The van der Waals surface area contributed by atoms with Crippen molar-refractivity contribution in [2.75, 3.05) is 26.3 Å². The molecule has 3 nitrogen and oxygen atoms in total. The van der Waals surface area contributed by atoms with Gasteiger partial charge in [0.2, 0.25) is 0 Å². The molecule has 1 aromatic rings. The fraction of sp³-hybridized carbons (Fsp3) is 0.364. The number of hydrogen-bond donors (Lipinski definition) is 0. The van der Waals surface area contributed by atoms with Gasteiger partial charge in [0, 0.05) is 18.1 Å². The van der Waals surface area contributed by atoms with E-state index in [1.54, 1.807) is 0 Å². The highest BCUT2D eigenvalue weighted by Gasteiger charge is 2.05. The topological polar surface area (TPSA) is 24.8 Å². The van der Waals surface area contributed by atoms with Crippen molar-refractivity contribution in [2.24, 2.45) is 4.99 Å². The van der Waals surface area contributed by atoms with Crippen molar-refractivity contribution in [2.45, 2.75) is 0 Å². The van der Waals surface area contributed by atoms with E-state index in [0.29, 0.717) is 0 Å². The molecule has 0 saturated carbocycles. The summed E-state index contributed by atoms with van der Waals surface area (Å²) in [5.41, 5.74) is 0.922. The molecule has 0 unspecified atom stereocenters. The maximum Gasteiger partial charge on any atom is 0.0913 e. The van der Waals surface area contributed by atoms with Crippen molar-refractivity contribution in [3.8, 4) is 0 Å². The van der Waals surface area contributed by atoms with Crippen molar-refractivity contribution in [3.05, 3.63) is 29.3 Å². The van der Waals surface area contributed by atoms with Crippen molar-refractivity contribution >= 4 is 23.6 Å². The lowest BCUT2D eigenvalue weighted by atomic mass is 10.3. The van der Waals surface area contributed by atoms with E-state index in [1.165, 1.54) is 0 Å². The molecule has 0 aliphatic carbocycles. The van der Waals surface area contributed by atoms with Crippen LogP contribution in [0.4, 0.5) is 5.69 Å². The van der Waals surface area contributed by atoms with Crippen LogP contribution in [-0.4, -0.2) is 37.5 Å². The van der Waals surface area contributed by atoms with Gasteiger partial charge in [-0.15, -0.1) is 0 Å². The Kier molecular flexibility index (Phi) is 3.59. The number of rotatable bonds is 2. The van der Waals surface area contributed by atoms with Gasteiger partial charge in [0.15, 0.2) is 0 Å². The zero-order valence-electron chi connectivity index (χ0n) is 8.40. The molecule has 0 spiro atoms. The van der Waals surface area contributed by atoms with E-state index in [0.717, 1.165) is 37.0 Å². The molecule has 0 bridgehead atoms. The lowest BCUT2D eigenvalue weighted by molar-refractivity contribution is 0.0701. The summed E-state index contributed by atoms with van der Waals surface area (Å²) >= 11 is 5.78. The Labute approximate surface area is 94.3 Å². The Morgan fingerprint density at radius 1 is 1.20 bits per heavy atom. The summed E-state index contributed by atoms with van der Waals surface area (Å²) in [5.74, 6) is 0. The minimum Gasteiger partial charge on any atom is -0.378 e. The number of hydrogen-bond acceptors (Lipinski definition) is 2. The predicted octanol–water partition coefficient (Wildman–Crippen LogP) is 2.33. The first-order valence-corrected chi connectivity index (χ1v) is 5.34. The molecule has 0 atom stereocenters. The first-order valence-electron chi connectivity index (χ1n) is 4.96. The second-order valence-corrected chi connectivity index (χ2v) is 3.81. The van der Waals surface area contributed by atoms with Crippen LogP contribution in [0.15, 0.2) is 29.3 Å². The third kappa shape index (κ3) is 3.22. The van der Waals surface area contributed by atoms with Crippen molar-refractivity contribution in [3.63, 3.8) is 0 Å². The normalized spacial score (nSPS) is 17.3. The van der Waals surface area contributed by atoms with Crippen molar-refractivity contribution in [1.82, 2.24) is 4.90 Å². The third-order valence-electron chi connectivity index (χ3n) is 2.24. The predicted molar refractivity (Wildman–Crippen MR) is 62.0 cm³/mol. The van der Waals surface area contributed by atoms with Gasteiger partial charge in [0.05, 0.1) is 25.2 Å². The Morgan fingerprint density at radius 3 is 2.53 bits per heavy atom. The number of morpholine rings is 1. The van der Waals surface area contributed by atoms with E-state index in [1.807, 2.05) is 30.6 Å². The number of benzene rings is 1. The molecule has 0 amide bonds. The van der Waals surface area contributed by atoms with Gasteiger partial charge >= 0.3 is 0 Å². The largest absolute Gasteiger partial charge is 0.378 e. The first kappa shape index (κ1) is 10.5. The van der Waals surface area contributed by atoms with Crippen LogP contribution in [0.3, 0.4) is 0 Å². The van der Waals surface area contributed by atoms with Gasteiger partial charge in [-0.1, -0.05) is 11.6 Å². The first-order chi connectivity index (χ1) is 7.34. The molecule has 4 heteroatoms. The van der Waals surface area contributed by atoms with Crippen LogP contribution in [-0.2, 0) is 4.74 Å². The van der Waals surface area contributed by atoms with Crippen molar-refractivity contribution in [1.29, 1.82) is 0 Å². The summed E-state index contributed by atoms with van der Waals surface area (Å²) in [6.45, 7) is 3.40. The smallest absolute Gasteiger partial charge is 0.0913 e. The van der Waals surface area contributed by atoms with Crippen LogP contribution < -0.4 is 0 Å². The Balaban J connectivity index is 1.95. The minimum atomic E-state index is 0.736. The number of nitrogens with zero attached hydrogens (tertiary/aromatic N) is 2. The van der Waals surface area contributed by atoms with Crippen LogP contribution in [0.5, 0.6) is 0 Å². The SMILES string of the molecule is Clc1ccc(N=CN2CCOCC2)cc1. The van der Waals surface area contributed by atoms with Crippen LogP contribution >= 0.6 is 11.6 Å². The number of ether oxygens (including phenoxy) is 1. The van der Waals surface area contributed by atoms with E-state index in [4.69, 9.17) is 16.3 Å². The van der Waals surface area contributed by atoms with E-state index in [2.05, 4.69) is 9.89 Å². The molecule has 0 radical (unpaired) electrons. The molecular weight excluding hydrogens is 212 g/mol. The van der Waals surface area contributed by atoms with E-state index in [9.17, 15) is 0 Å². The molecule has 1 saturated heterocycles. The lowest BCUT2D eigenvalue weighted by Gasteiger charge is -2.24. The molecule has 15 heavy (non-hydrogen) atoms. The summed E-state index contributed by atoms with van der Waals surface area (Å²) in [6, 6.07) is 7.49. The standard InChI is InChI=1S/C11H13ClN2O/c12-10-1-3-11(4-2-10)13-9-14-5-7-15-8-6-14/h1-4,9H,5-8H2. The molecule has 0 N–H and O–H groups in total. The van der Waals surface area contributed by atoms with Crippen LogP contribution in [0.2, 0.25) is 5.02 Å². The van der Waals surface area contributed by atoms with Crippen molar-refractivity contribution < 1.29 is 4.74 Å². The lowest BCUT2D eigenvalue weighted by Crippen LogP contribution is -2.34. The maximum absolute atomic E-state index is 5.78. The van der Waals surface area contributed by atoms with Gasteiger partial charge < -0.3 is 9.64 Å². The Hall–Kier alpha value is -1.06. The minimum absolute atomic E-state index is 0.736. The zero-order chi connectivity index (χ0) is 10.5. The van der Waals surface area contributed by atoms with Gasteiger partial charge in [-0.25, -0.2) is 4.99 Å². The Bertz CT molecular complexity index is 331. The molecule has 1 aromatic carbocycles. The van der Waals surface area contributed by atoms with Crippen LogP contribution in [0.25, 0.3) is 0 Å². The van der Waals surface area contributed by atoms with Gasteiger partial charge in [0.25, 0.3) is 0 Å². The van der Waals surface area contributed by atoms with E-state index < -0.39 is 0 Å². The molecular formula is C11H13ClN2O. The monoisotopic (exact) mass is 224 g/mol. The fourth-order valence-corrected chi connectivity index (χ4v) is 1.49. The molecule has 1 aliphatic heterocycles. The number of aliphatic imine (C=N–C) groups is 1. The second-order valence-electron chi connectivity index (χ2n) is 3.37. The highest BCUT2D eigenvalue weighted by atomic mass is 35.5. The summed E-state index contributed by atoms with van der Waals surface area (Å²) in [7, 11) is 0. The highest BCUT2D eigenvalue weighted by Crippen LogP contribution is 2.15. The maximum atomic E-state index is 5.78. The average molecular weight is 225 g/mol. The summed E-state index contributed by atoms with van der Waals surface area (Å²) < 4.78 is 5.25. The molecule has 0 aromatic heterocycles. The van der Waals surface area contributed by atoms with E-state index >= 15 is 0 Å². The highest BCUT2D eigenvalue weighted by molar-refractivity contribution is 6.30. The fourth-order valence-electron chi connectivity index (χ4n) is 1.37. The van der Waals surface area contributed by atoms with Gasteiger partial charge in [-0.3, -0.25) is 0 Å². The third-order valence-corrected chi connectivity index (χ3v) is 2.49. The summed E-state index contributed by atoms with van der Waals surface area (Å²) in [6.07, 6.45) is 1.87. The molecule has 1 heterocycles. The van der Waals surface area contributed by atoms with Crippen LogP contribution in [0, 0.1) is 0 Å².